The van der Waals surface area contributed by atoms with Crippen LogP contribution >= 0.6 is 22.9 Å². The van der Waals surface area contributed by atoms with Crippen molar-refractivity contribution in [1.82, 2.24) is 0 Å². The first-order chi connectivity index (χ1) is 13.9. The van der Waals surface area contributed by atoms with E-state index in [1.54, 1.807) is 18.3 Å². The third kappa shape index (κ3) is 3.03. The van der Waals surface area contributed by atoms with Gasteiger partial charge in [-0.05, 0) is 67.6 Å². The molecule has 29 heavy (non-hydrogen) atoms. The fourth-order valence-electron chi connectivity index (χ4n) is 3.75. The Labute approximate surface area is 177 Å². The monoisotopic (exact) mass is 423 g/mol. The summed E-state index contributed by atoms with van der Waals surface area (Å²) in [5.41, 5.74) is 5.61. The molecule has 0 saturated carbocycles. The van der Waals surface area contributed by atoms with Gasteiger partial charge in [0.05, 0.1) is 10.6 Å². The SMILES string of the molecule is CC1=NN=C(c2sc3ccc(Cl)cc3c2C)c2cc3c(cc2C1)NC(=O)C(C)O3. The van der Waals surface area contributed by atoms with Crippen LogP contribution in [-0.2, 0) is 11.2 Å². The van der Waals surface area contributed by atoms with Crippen molar-refractivity contribution in [2.75, 3.05) is 5.32 Å². The van der Waals surface area contributed by atoms with Gasteiger partial charge in [-0.1, -0.05) is 11.6 Å². The van der Waals surface area contributed by atoms with E-state index in [2.05, 4.69) is 22.4 Å². The number of hydrogen-bond donors (Lipinski definition) is 1. The molecule has 0 spiro atoms. The van der Waals surface area contributed by atoms with Crippen LogP contribution in [0.5, 0.6) is 5.75 Å². The molecule has 146 valence electrons. The molecule has 0 bridgehead atoms. The van der Waals surface area contributed by atoms with Gasteiger partial charge in [0.2, 0.25) is 0 Å². The number of hydrogen-bond acceptors (Lipinski definition) is 5. The average Bonchev–Trinajstić information content (AvgIpc) is 2.90. The third-order valence-electron chi connectivity index (χ3n) is 5.27. The van der Waals surface area contributed by atoms with Crippen LogP contribution in [0.4, 0.5) is 5.69 Å². The molecule has 1 amide bonds. The molecule has 0 aliphatic carbocycles. The lowest BCUT2D eigenvalue weighted by Gasteiger charge is -2.25. The zero-order valence-corrected chi connectivity index (χ0v) is 17.7. The molecule has 0 radical (unpaired) electrons. The van der Waals surface area contributed by atoms with Crippen molar-refractivity contribution in [3.8, 4) is 5.75 Å². The number of fused-ring (bicyclic) bond motifs is 3. The Kier molecular flexibility index (Phi) is 4.22. The molecule has 1 aromatic heterocycles. The van der Waals surface area contributed by atoms with E-state index in [0.29, 0.717) is 22.9 Å². The molecule has 2 aliphatic rings. The number of nitrogens with one attached hydrogen (secondary N) is 1. The second-order valence-corrected chi connectivity index (χ2v) is 8.90. The predicted molar refractivity (Wildman–Crippen MR) is 119 cm³/mol. The summed E-state index contributed by atoms with van der Waals surface area (Å²) in [4.78, 5) is 13.1. The summed E-state index contributed by atoms with van der Waals surface area (Å²) in [5.74, 6) is 0.521. The van der Waals surface area contributed by atoms with Gasteiger partial charge >= 0.3 is 0 Å². The van der Waals surface area contributed by atoms with E-state index >= 15 is 0 Å². The maximum atomic E-state index is 12.0. The zero-order chi connectivity index (χ0) is 20.3. The Morgan fingerprint density at radius 1 is 1.21 bits per heavy atom. The first-order valence-electron chi connectivity index (χ1n) is 9.35. The van der Waals surface area contributed by atoms with Crippen LogP contribution in [0.25, 0.3) is 10.1 Å². The van der Waals surface area contributed by atoms with Gasteiger partial charge in [-0.2, -0.15) is 5.10 Å². The molecule has 5 rings (SSSR count). The lowest BCUT2D eigenvalue weighted by Crippen LogP contribution is -2.34. The van der Waals surface area contributed by atoms with Gasteiger partial charge < -0.3 is 10.1 Å². The van der Waals surface area contributed by atoms with E-state index in [-0.39, 0.29) is 5.91 Å². The molecule has 2 aromatic carbocycles. The molecule has 3 aromatic rings. The number of rotatable bonds is 1. The third-order valence-corrected chi connectivity index (χ3v) is 6.79. The van der Waals surface area contributed by atoms with Gasteiger partial charge in [0, 0.05) is 27.4 Å². The van der Waals surface area contributed by atoms with Crippen molar-refractivity contribution in [1.29, 1.82) is 0 Å². The first-order valence-corrected chi connectivity index (χ1v) is 10.5. The lowest BCUT2D eigenvalue weighted by molar-refractivity contribution is -0.122. The summed E-state index contributed by atoms with van der Waals surface area (Å²) in [6.07, 6.45) is 0.134. The summed E-state index contributed by atoms with van der Waals surface area (Å²) in [5, 5.41) is 13.8. The molecular weight excluding hydrogens is 406 g/mol. The number of anilines is 1. The molecule has 1 unspecified atom stereocenters. The van der Waals surface area contributed by atoms with Crippen molar-refractivity contribution in [2.45, 2.75) is 33.3 Å². The number of thiophene rings is 1. The topological polar surface area (TPSA) is 63.0 Å². The van der Waals surface area contributed by atoms with Crippen LogP contribution in [0.15, 0.2) is 40.5 Å². The van der Waals surface area contributed by atoms with Crippen LogP contribution in [-0.4, -0.2) is 23.4 Å². The standard InChI is InChI=1S/C22H18ClN3O2S/c1-10-6-13-7-17-18(28-12(3)22(27)24-17)9-16(13)20(26-25-10)21-11(2)15-8-14(23)4-5-19(15)29-21/h4-5,7-9,12H,6H2,1-3H3,(H,24,27). The Balaban J connectivity index is 1.72. The normalized spacial score (nSPS) is 18.2. The van der Waals surface area contributed by atoms with Crippen molar-refractivity contribution < 1.29 is 9.53 Å². The fraction of sp³-hybridized carbons (Fsp3) is 0.227. The highest BCUT2D eigenvalue weighted by molar-refractivity contribution is 7.21. The lowest BCUT2D eigenvalue weighted by atomic mass is 9.95. The maximum absolute atomic E-state index is 12.0. The highest BCUT2D eigenvalue weighted by atomic mass is 35.5. The quantitative estimate of drug-likeness (QED) is 0.573. The van der Waals surface area contributed by atoms with Gasteiger partial charge in [-0.25, -0.2) is 0 Å². The van der Waals surface area contributed by atoms with Crippen molar-refractivity contribution in [3.63, 3.8) is 0 Å². The summed E-state index contributed by atoms with van der Waals surface area (Å²) >= 11 is 7.90. The number of carbonyl (C=O) groups excluding carboxylic acids is 1. The Hall–Kier alpha value is -2.70. The summed E-state index contributed by atoms with van der Waals surface area (Å²) in [7, 11) is 0. The molecule has 2 aliphatic heterocycles. The van der Waals surface area contributed by atoms with Gasteiger partial charge in [0.15, 0.2) is 6.10 Å². The van der Waals surface area contributed by atoms with E-state index in [4.69, 9.17) is 16.3 Å². The zero-order valence-electron chi connectivity index (χ0n) is 16.2. The van der Waals surface area contributed by atoms with Crippen LogP contribution in [0.1, 0.15) is 35.4 Å². The van der Waals surface area contributed by atoms with Gasteiger partial charge in [0.25, 0.3) is 5.91 Å². The van der Waals surface area contributed by atoms with Crippen molar-refractivity contribution in [2.24, 2.45) is 10.2 Å². The second kappa shape index (κ2) is 6.68. The fourth-order valence-corrected chi connectivity index (χ4v) is 5.11. The van der Waals surface area contributed by atoms with E-state index in [9.17, 15) is 4.79 Å². The summed E-state index contributed by atoms with van der Waals surface area (Å²) in [6, 6.07) is 9.89. The number of aryl methyl sites for hydroxylation is 1. The van der Waals surface area contributed by atoms with E-state index in [1.807, 2.05) is 37.3 Å². The van der Waals surface area contributed by atoms with E-state index in [0.717, 1.165) is 43.1 Å². The Morgan fingerprint density at radius 3 is 2.86 bits per heavy atom. The van der Waals surface area contributed by atoms with E-state index < -0.39 is 6.10 Å². The van der Waals surface area contributed by atoms with Gasteiger partial charge in [0.1, 0.15) is 11.5 Å². The molecular formula is C22H18ClN3O2S. The molecule has 7 heteroatoms. The molecule has 0 saturated heterocycles. The number of carbonyl (C=O) groups is 1. The van der Waals surface area contributed by atoms with Crippen LogP contribution < -0.4 is 10.1 Å². The van der Waals surface area contributed by atoms with Gasteiger partial charge in [-0.15, -0.1) is 16.4 Å². The smallest absolute Gasteiger partial charge is 0.265 e. The number of nitrogens with zero attached hydrogens (tertiary/aromatic N) is 2. The van der Waals surface area contributed by atoms with E-state index in [1.165, 1.54) is 0 Å². The van der Waals surface area contributed by atoms with Crippen molar-refractivity contribution >= 4 is 56.0 Å². The van der Waals surface area contributed by atoms with Crippen LogP contribution in [0.3, 0.4) is 0 Å². The van der Waals surface area contributed by atoms with Gasteiger partial charge in [-0.3, -0.25) is 4.79 Å². The van der Waals surface area contributed by atoms with Crippen LogP contribution in [0.2, 0.25) is 5.02 Å². The molecule has 1 atom stereocenters. The highest BCUT2D eigenvalue weighted by Crippen LogP contribution is 2.39. The predicted octanol–water partition coefficient (Wildman–Crippen LogP) is 5.35. The minimum atomic E-state index is -0.530. The highest BCUT2D eigenvalue weighted by Gasteiger charge is 2.28. The van der Waals surface area contributed by atoms with Crippen LogP contribution in [0, 0.1) is 6.92 Å². The average molecular weight is 424 g/mol. The largest absolute Gasteiger partial charge is 0.479 e. The molecule has 0 fully saturated rings. The second-order valence-electron chi connectivity index (χ2n) is 7.41. The Morgan fingerprint density at radius 2 is 2.03 bits per heavy atom. The Bertz CT molecular complexity index is 1260. The molecule has 3 heterocycles. The molecule has 1 N–H and O–H groups in total. The molecule has 5 nitrogen and oxygen atoms in total. The van der Waals surface area contributed by atoms with Crippen molar-refractivity contribution in [3.05, 3.63) is 56.9 Å². The number of benzene rings is 2. The summed E-state index contributed by atoms with van der Waals surface area (Å²) < 4.78 is 7.01. The maximum Gasteiger partial charge on any atom is 0.265 e. The minimum absolute atomic E-state index is 0.136. The first kappa shape index (κ1) is 18.3. The summed E-state index contributed by atoms with van der Waals surface area (Å²) in [6.45, 7) is 5.79. The number of ether oxygens (including phenoxy) is 1. The minimum Gasteiger partial charge on any atom is -0.479 e. The number of halogens is 1. The number of amides is 1.